The SMILES string of the molecule is O=C(O)c1ccccc1CN1N=C(C(F)(F)F)C2=CCCCC21. The van der Waals surface area contributed by atoms with Crippen molar-refractivity contribution < 1.29 is 23.1 Å². The summed E-state index contributed by atoms with van der Waals surface area (Å²) in [7, 11) is 0. The van der Waals surface area contributed by atoms with E-state index in [1.807, 2.05) is 0 Å². The van der Waals surface area contributed by atoms with Crippen LogP contribution in [0.3, 0.4) is 0 Å². The van der Waals surface area contributed by atoms with Crippen molar-refractivity contribution in [3.63, 3.8) is 0 Å². The standard InChI is InChI=1S/C16H15F3N2O2/c17-16(18,19)14-12-7-3-4-8-13(12)21(20-14)9-10-5-1-2-6-11(10)15(22)23/h1-2,5-7,13H,3-4,8-9H2,(H,22,23). The van der Waals surface area contributed by atoms with Crippen molar-refractivity contribution in [2.75, 3.05) is 0 Å². The minimum absolute atomic E-state index is 0.0457. The zero-order valence-electron chi connectivity index (χ0n) is 12.2. The summed E-state index contributed by atoms with van der Waals surface area (Å²) < 4.78 is 39.5. The summed E-state index contributed by atoms with van der Waals surface area (Å²) >= 11 is 0. The van der Waals surface area contributed by atoms with Gasteiger partial charge in [0.25, 0.3) is 0 Å². The maximum Gasteiger partial charge on any atom is 0.435 e. The van der Waals surface area contributed by atoms with Crippen LogP contribution in [0, 0.1) is 0 Å². The highest BCUT2D eigenvalue weighted by Gasteiger charge is 2.46. The van der Waals surface area contributed by atoms with Gasteiger partial charge in [0.15, 0.2) is 5.71 Å². The largest absolute Gasteiger partial charge is 0.478 e. The molecule has 0 spiro atoms. The average molecular weight is 324 g/mol. The minimum Gasteiger partial charge on any atom is -0.478 e. The second kappa shape index (κ2) is 5.72. The lowest BCUT2D eigenvalue weighted by atomic mass is 9.91. The summed E-state index contributed by atoms with van der Waals surface area (Å²) in [6.45, 7) is 0.0457. The number of carbonyl (C=O) groups is 1. The zero-order valence-corrected chi connectivity index (χ0v) is 12.2. The van der Waals surface area contributed by atoms with Crippen molar-refractivity contribution in [2.45, 2.75) is 38.0 Å². The molecule has 0 saturated heterocycles. The van der Waals surface area contributed by atoms with Crippen LogP contribution in [0.1, 0.15) is 35.2 Å². The van der Waals surface area contributed by atoms with Crippen LogP contribution < -0.4 is 0 Å². The van der Waals surface area contributed by atoms with Gasteiger partial charge in [-0.25, -0.2) is 4.79 Å². The summed E-state index contributed by atoms with van der Waals surface area (Å²) in [6, 6.07) is 5.88. The first-order valence-electron chi connectivity index (χ1n) is 7.32. The Balaban J connectivity index is 1.94. The highest BCUT2D eigenvalue weighted by Crippen LogP contribution is 2.37. The van der Waals surface area contributed by atoms with Gasteiger partial charge >= 0.3 is 12.1 Å². The lowest BCUT2D eigenvalue weighted by molar-refractivity contribution is -0.0584. The maximum absolute atomic E-state index is 13.2. The number of nitrogens with zero attached hydrogens (tertiary/aromatic N) is 2. The number of fused-ring (bicyclic) bond motifs is 1. The summed E-state index contributed by atoms with van der Waals surface area (Å²) in [5.41, 5.74) is -0.0897. The molecule has 0 fully saturated rings. The highest BCUT2D eigenvalue weighted by molar-refractivity contribution is 6.06. The fraction of sp³-hybridized carbons (Fsp3) is 0.375. The number of alkyl halides is 3. The lowest BCUT2D eigenvalue weighted by Gasteiger charge is -2.27. The van der Waals surface area contributed by atoms with Crippen molar-refractivity contribution in [3.8, 4) is 0 Å². The van der Waals surface area contributed by atoms with E-state index in [4.69, 9.17) is 0 Å². The third kappa shape index (κ3) is 2.95. The molecule has 1 atom stereocenters. The third-order valence-corrected chi connectivity index (χ3v) is 4.12. The van der Waals surface area contributed by atoms with E-state index < -0.39 is 23.9 Å². The van der Waals surface area contributed by atoms with Crippen LogP contribution in [-0.2, 0) is 6.54 Å². The highest BCUT2D eigenvalue weighted by atomic mass is 19.4. The fourth-order valence-corrected chi connectivity index (χ4v) is 3.09. The molecule has 1 aliphatic heterocycles. The molecular weight excluding hydrogens is 309 g/mol. The average Bonchev–Trinajstić information content (AvgIpc) is 2.87. The molecular formula is C16H15F3N2O2. The van der Waals surface area contributed by atoms with Crippen LogP contribution in [0.4, 0.5) is 13.2 Å². The van der Waals surface area contributed by atoms with Crippen LogP contribution in [0.5, 0.6) is 0 Å². The van der Waals surface area contributed by atoms with Gasteiger partial charge in [-0.1, -0.05) is 24.3 Å². The zero-order chi connectivity index (χ0) is 16.6. The number of hydrogen-bond donors (Lipinski definition) is 1. The molecule has 0 saturated carbocycles. The monoisotopic (exact) mass is 324 g/mol. The van der Waals surface area contributed by atoms with Gasteiger partial charge in [-0.3, -0.25) is 5.01 Å². The number of benzene rings is 1. The van der Waals surface area contributed by atoms with Crippen molar-refractivity contribution in [1.29, 1.82) is 0 Å². The Bertz CT molecular complexity index is 695. The smallest absolute Gasteiger partial charge is 0.435 e. The number of aromatic carboxylic acids is 1. The van der Waals surface area contributed by atoms with Crippen LogP contribution in [0.2, 0.25) is 0 Å². The Morgan fingerprint density at radius 2 is 2.09 bits per heavy atom. The van der Waals surface area contributed by atoms with Crippen LogP contribution in [-0.4, -0.2) is 34.0 Å². The molecule has 23 heavy (non-hydrogen) atoms. The summed E-state index contributed by atoms with van der Waals surface area (Å²) in [5, 5.41) is 14.3. The Labute approximate surface area is 130 Å². The number of carboxylic acid groups (broad SMARTS) is 1. The second-order valence-electron chi connectivity index (χ2n) is 5.61. The molecule has 1 aliphatic carbocycles. The van der Waals surface area contributed by atoms with Gasteiger partial charge in [-0.15, -0.1) is 0 Å². The van der Waals surface area contributed by atoms with Gasteiger partial charge in [0.1, 0.15) is 0 Å². The van der Waals surface area contributed by atoms with Gasteiger partial charge in [-0.2, -0.15) is 18.3 Å². The van der Waals surface area contributed by atoms with Crippen molar-refractivity contribution in [3.05, 3.63) is 47.0 Å². The molecule has 1 unspecified atom stereocenters. The van der Waals surface area contributed by atoms with Crippen LogP contribution >= 0.6 is 0 Å². The van der Waals surface area contributed by atoms with Crippen molar-refractivity contribution in [2.24, 2.45) is 5.10 Å². The van der Waals surface area contributed by atoms with E-state index in [0.717, 1.165) is 6.42 Å². The van der Waals surface area contributed by atoms with Crippen LogP contribution in [0.25, 0.3) is 0 Å². The van der Waals surface area contributed by atoms with E-state index in [-0.39, 0.29) is 17.7 Å². The number of hydrogen-bond acceptors (Lipinski definition) is 3. The third-order valence-electron chi connectivity index (χ3n) is 4.12. The Kier molecular flexibility index (Phi) is 3.87. The van der Waals surface area contributed by atoms with Gasteiger partial charge in [0.2, 0.25) is 0 Å². The van der Waals surface area contributed by atoms with Gasteiger partial charge in [0.05, 0.1) is 18.2 Å². The van der Waals surface area contributed by atoms with E-state index in [1.165, 1.54) is 11.1 Å². The first kappa shape index (κ1) is 15.6. The number of rotatable bonds is 3. The van der Waals surface area contributed by atoms with E-state index in [2.05, 4.69) is 5.10 Å². The van der Waals surface area contributed by atoms with Gasteiger partial charge < -0.3 is 5.11 Å². The number of allylic oxidation sites excluding steroid dienone is 1. The molecule has 0 radical (unpaired) electrons. The molecule has 1 heterocycles. The molecule has 0 aromatic heterocycles. The molecule has 2 aliphatic rings. The second-order valence-corrected chi connectivity index (χ2v) is 5.61. The maximum atomic E-state index is 13.2. The molecule has 1 aromatic carbocycles. The van der Waals surface area contributed by atoms with Crippen LogP contribution in [0.15, 0.2) is 41.0 Å². The summed E-state index contributed by atoms with van der Waals surface area (Å²) in [6.07, 6.45) is -0.900. The first-order chi connectivity index (χ1) is 10.9. The fourth-order valence-electron chi connectivity index (χ4n) is 3.09. The molecule has 122 valence electrons. The molecule has 4 nitrogen and oxygen atoms in total. The van der Waals surface area contributed by atoms with E-state index in [1.54, 1.807) is 24.3 Å². The summed E-state index contributed by atoms with van der Waals surface area (Å²) in [5.74, 6) is -1.10. The molecule has 3 rings (SSSR count). The quantitative estimate of drug-likeness (QED) is 0.924. The summed E-state index contributed by atoms with van der Waals surface area (Å²) in [4.78, 5) is 11.3. The van der Waals surface area contributed by atoms with E-state index >= 15 is 0 Å². The topological polar surface area (TPSA) is 52.9 Å². The molecule has 0 bridgehead atoms. The van der Waals surface area contributed by atoms with Crippen molar-refractivity contribution in [1.82, 2.24) is 5.01 Å². The van der Waals surface area contributed by atoms with E-state index in [9.17, 15) is 23.1 Å². The molecule has 1 N–H and O–H groups in total. The van der Waals surface area contributed by atoms with E-state index in [0.29, 0.717) is 18.4 Å². The predicted octanol–water partition coefficient (Wildman–Crippen LogP) is 3.60. The Morgan fingerprint density at radius 3 is 2.78 bits per heavy atom. The Morgan fingerprint density at radius 1 is 1.35 bits per heavy atom. The lowest BCUT2D eigenvalue weighted by Crippen LogP contribution is -2.31. The molecule has 1 aromatic rings. The number of hydrazone groups is 1. The van der Waals surface area contributed by atoms with Gasteiger partial charge in [0, 0.05) is 5.57 Å². The number of halogens is 3. The predicted molar refractivity (Wildman–Crippen MR) is 78.2 cm³/mol. The number of carboxylic acids is 1. The minimum atomic E-state index is -4.50. The molecule has 7 heteroatoms. The Hall–Kier alpha value is -2.31. The molecule has 0 amide bonds. The van der Waals surface area contributed by atoms with Crippen molar-refractivity contribution >= 4 is 11.7 Å². The normalized spacial score (nSPS) is 20.8. The van der Waals surface area contributed by atoms with Gasteiger partial charge in [-0.05, 0) is 30.9 Å². The first-order valence-corrected chi connectivity index (χ1v) is 7.32.